The van der Waals surface area contributed by atoms with E-state index in [9.17, 15) is 9.90 Å². The number of likely N-dealkylation sites (tertiary alicyclic amines) is 1. The highest BCUT2D eigenvalue weighted by atomic mass is 16.3. The number of rotatable bonds is 5. The maximum Gasteiger partial charge on any atom is 0.225 e. The molecule has 1 heterocycles. The van der Waals surface area contributed by atoms with Gasteiger partial charge in [-0.1, -0.05) is 18.2 Å². The van der Waals surface area contributed by atoms with Crippen LogP contribution in [0.25, 0.3) is 0 Å². The molecule has 1 aliphatic rings. The fourth-order valence-electron chi connectivity index (χ4n) is 2.39. The number of aliphatic hydroxyl groups is 1. The molecular weight excluding hydrogens is 228 g/mol. The first-order valence-corrected chi connectivity index (χ1v) is 6.49. The van der Waals surface area contributed by atoms with Gasteiger partial charge in [-0.15, -0.1) is 0 Å². The maximum atomic E-state index is 11.8. The molecule has 0 radical (unpaired) electrons. The van der Waals surface area contributed by atoms with E-state index in [1.807, 2.05) is 30.3 Å². The normalized spacial score (nSPS) is 19.9. The summed E-state index contributed by atoms with van der Waals surface area (Å²) in [5, 5.41) is 12.1. The molecule has 4 heteroatoms. The molecule has 0 bridgehead atoms. The van der Waals surface area contributed by atoms with Crippen LogP contribution in [0, 0.1) is 0 Å². The lowest BCUT2D eigenvalue weighted by molar-refractivity contribution is -0.116. The van der Waals surface area contributed by atoms with Crippen LogP contribution in [0.3, 0.4) is 0 Å². The third kappa shape index (κ3) is 3.55. The highest BCUT2D eigenvalue weighted by Gasteiger charge is 2.23. The molecule has 2 N–H and O–H groups in total. The first-order chi connectivity index (χ1) is 8.79. The van der Waals surface area contributed by atoms with Crippen molar-refractivity contribution in [2.45, 2.75) is 25.3 Å². The lowest BCUT2D eigenvalue weighted by Crippen LogP contribution is -2.34. The van der Waals surface area contributed by atoms with Crippen molar-refractivity contribution in [1.29, 1.82) is 0 Å². The number of aliphatic hydroxyl groups excluding tert-OH is 1. The Morgan fingerprint density at radius 3 is 2.89 bits per heavy atom. The Balaban J connectivity index is 1.75. The van der Waals surface area contributed by atoms with Gasteiger partial charge in [-0.2, -0.15) is 0 Å². The number of amides is 1. The van der Waals surface area contributed by atoms with Crippen LogP contribution in [0.1, 0.15) is 19.3 Å². The molecule has 1 saturated heterocycles. The highest BCUT2D eigenvalue weighted by Crippen LogP contribution is 2.16. The summed E-state index contributed by atoms with van der Waals surface area (Å²) in [5.41, 5.74) is 0.836. The Hall–Kier alpha value is -1.39. The average Bonchev–Trinajstić information content (AvgIpc) is 2.85. The SMILES string of the molecule is O=C(CCN1CCC[C@H]1CO)Nc1ccccc1. The van der Waals surface area contributed by atoms with Gasteiger partial charge in [-0.25, -0.2) is 0 Å². The zero-order valence-electron chi connectivity index (χ0n) is 10.5. The van der Waals surface area contributed by atoms with Crippen LogP contribution in [-0.4, -0.2) is 41.7 Å². The predicted molar refractivity (Wildman–Crippen MR) is 71.4 cm³/mol. The standard InChI is InChI=1S/C14H20N2O2/c17-11-13-7-4-9-16(13)10-8-14(18)15-12-5-2-1-3-6-12/h1-3,5-6,13,17H,4,7-11H2,(H,15,18)/t13-/m0/s1. The number of para-hydroxylation sites is 1. The smallest absolute Gasteiger partial charge is 0.225 e. The van der Waals surface area contributed by atoms with Crippen molar-refractivity contribution in [1.82, 2.24) is 4.90 Å². The fourth-order valence-corrected chi connectivity index (χ4v) is 2.39. The molecule has 2 rings (SSSR count). The topological polar surface area (TPSA) is 52.6 Å². The van der Waals surface area contributed by atoms with E-state index in [1.54, 1.807) is 0 Å². The van der Waals surface area contributed by atoms with Gasteiger partial charge < -0.3 is 10.4 Å². The van der Waals surface area contributed by atoms with E-state index in [4.69, 9.17) is 0 Å². The minimum atomic E-state index is 0.0322. The lowest BCUT2D eigenvalue weighted by Gasteiger charge is -2.22. The van der Waals surface area contributed by atoms with Gasteiger partial charge in [0.05, 0.1) is 6.61 Å². The third-order valence-corrected chi connectivity index (χ3v) is 3.39. The lowest BCUT2D eigenvalue weighted by atomic mass is 10.2. The summed E-state index contributed by atoms with van der Waals surface area (Å²) in [6.07, 6.45) is 2.63. The second-order valence-corrected chi connectivity index (χ2v) is 4.68. The third-order valence-electron chi connectivity index (χ3n) is 3.39. The zero-order valence-corrected chi connectivity index (χ0v) is 10.5. The second kappa shape index (κ2) is 6.52. The van der Waals surface area contributed by atoms with Gasteiger partial charge in [-0.3, -0.25) is 9.69 Å². The summed E-state index contributed by atoms with van der Waals surface area (Å²) in [5.74, 6) is 0.0322. The van der Waals surface area contributed by atoms with Crippen LogP contribution < -0.4 is 5.32 Å². The van der Waals surface area contributed by atoms with Crippen LogP contribution in [-0.2, 0) is 4.79 Å². The van der Waals surface area contributed by atoms with Crippen LogP contribution >= 0.6 is 0 Å². The first kappa shape index (κ1) is 13.1. The summed E-state index contributed by atoms with van der Waals surface area (Å²) < 4.78 is 0. The number of anilines is 1. The molecule has 1 amide bonds. The first-order valence-electron chi connectivity index (χ1n) is 6.49. The molecule has 1 aromatic carbocycles. The molecule has 0 spiro atoms. The van der Waals surface area contributed by atoms with Crippen molar-refractivity contribution >= 4 is 11.6 Å². The van der Waals surface area contributed by atoms with E-state index in [-0.39, 0.29) is 18.6 Å². The van der Waals surface area contributed by atoms with Crippen molar-refractivity contribution in [2.75, 3.05) is 25.0 Å². The molecule has 0 aromatic heterocycles. The summed E-state index contributed by atoms with van der Waals surface area (Å²) >= 11 is 0. The van der Waals surface area contributed by atoms with Crippen molar-refractivity contribution in [2.24, 2.45) is 0 Å². The Kier molecular flexibility index (Phi) is 4.73. The molecule has 98 valence electrons. The molecule has 1 aliphatic heterocycles. The van der Waals surface area contributed by atoms with E-state index in [0.717, 1.165) is 31.6 Å². The van der Waals surface area contributed by atoms with Gasteiger partial charge >= 0.3 is 0 Å². The maximum absolute atomic E-state index is 11.8. The summed E-state index contributed by atoms with van der Waals surface area (Å²) in [6.45, 7) is 1.91. The molecule has 18 heavy (non-hydrogen) atoms. The molecule has 0 saturated carbocycles. The van der Waals surface area contributed by atoms with Crippen molar-refractivity contribution in [3.05, 3.63) is 30.3 Å². The van der Waals surface area contributed by atoms with Gasteiger partial charge in [0.15, 0.2) is 0 Å². The Morgan fingerprint density at radius 2 is 2.17 bits per heavy atom. The van der Waals surface area contributed by atoms with Gasteiger partial charge in [0.2, 0.25) is 5.91 Å². The molecule has 1 atom stereocenters. The largest absolute Gasteiger partial charge is 0.395 e. The van der Waals surface area contributed by atoms with E-state index in [0.29, 0.717) is 6.42 Å². The van der Waals surface area contributed by atoms with Crippen LogP contribution in [0.2, 0.25) is 0 Å². The molecule has 0 aliphatic carbocycles. The van der Waals surface area contributed by atoms with E-state index in [1.165, 1.54) is 0 Å². The monoisotopic (exact) mass is 248 g/mol. The van der Waals surface area contributed by atoms with E-state index >= 15 is 0 Å². The van der Waals surface area contributed by atoms with E-state index < -0.39 is 0 Å². The Labute approximate surface area is 108 Å². The quantitative estimate of drug-likeness (QED) is 0.829. The van der Waals surface area contributed by atoms with Crippen molar-refractivity contribution < 1.29 is 9.90 Å². The number of benzene rings is 1. The minimum Gasteiger partial charge on any atom is -0.395 e. The van der Waals surface area contributed by atoms with Gasteiger partial charge in [0, 0.05) is 24.7 Å². The Bertz CT molecular complexity index is 381. The van der Waals surface area contributed by atoms with Crippen LogP contribution in [0.4, 0.5) is 5.69 Å². The van der Waals surface area contributed by atoms with Crippen LogP contribution in [0.15, 0.2) is 30.3 Å². The number of nitrogens with zero attached hydrogens (tertiary/aromatic N) is 1. The number of nitrogens with one attached hydrogen (secondary N) is 1. The van der Waals surface area contributed by atoms with Crippen molar-refractivity contribution in [3.63, 3.8) is 0 Å². The van der Waals surface area contributed by atoms with Crippen molar-refractivity contribution in [3.8, 4) is 0 Å². The summed E-state index contributed by atoms with van der Waals surface area (Å²) in [4.78, 5) is 14.0. The molecule has 1 aromatic rings. The Morgan fingerprint density at radius 1 is 1.39 bits per heavy atom. The average molecular weight is 248 g/mol. The van der Waals surface area contributed by atoms with Gasteiger partial charge in [-0.05, 0) is 31.5 Å². The molecule has 4 nitrogen and oxygen atoms in total. The van der Waals surface area contributed by atoms with Gasteiger partial charge in [0.25, 0.3) is 0 Å². The number of hydrogen-bond acceptors (Lipinski definition) is 3. The minimum absolute atomic E-state index is 0.0322. The molecular formula is C14H20N2O2. The van der Waals surface area contributed by atoms with Crippen LogP contribution in [0.5, 0.6) is 0 Å². The summed E-state index contributed by atoms with van der Waals surface area (Å²) in [6, 6.07) is 9.73. The molecule has 1 fully saturated rings. The second-order valence-electron chi connectivity index (χ2n) is 4.68. The number of hydrogen-bond donors (Lipinski definition) is 2. The zero-order chi connectivity index (χ0) is 12.8. The van der Waals surface area contributed by atoms with E-state index in [2.05, 4.69) is 10.2 Å². The predicted octanol–water partition coefficient (Wildman–Crippen LogP) is 1.47. The van der Waals surface area contributed by atoms with Gasteiger partial charge in [0.1, 0.15) is 0 Å². The fraction of sp³-hybridized carbons (Fsp3) is 0.500. The number of carbonyl (C=O) groups excluding carboxylic acids is 1. The molecule has 0 unspecified atom stereocenters. The summed E-state index contributed by atoms with van der Waals surface area (Å²) in [7, 11) is 0. The number of carbonyl (C=O) groups is 1. The highest BCUT2D eigenvalue weighted by molar-refractivity contribution is 5.90.